The number of aromatic nitrogens is 1. The Morgan fingerprint density at radius 3 is 2.62 bits per heavy atom. The molecule has 24 heavy (non-hydrogen) atoms. The predicted octanol–water partition coefficient (Wildman–Crippen LogP) is 3.22. The quantitative estimate of drug-likeness (QED) is 0.870. The van der Waals surface area contributed by atoms with Crippen LogP contribution in [0.2, 0.25) is 0 Å². The van der Waals surface area contributed by atoms with Crippen molar-refractivity contribution >= 4 is 17.2 Å². The maximum absolute atomic E-state index is 12.4. The van der Waals surface area contributed by atoms with Crippen molar-refractivity contribution in [3.05, 3.63) is 45.4 Å². The lowest BCUT2D eigenvalue weighted by molar-refractivity contribution is 0.0918. The van der Waals surface area contributed by atoms with Gasteiger partial charge in [-0.1, -0.05) is 39.0 Å². The Kier molecular flexibility index (Phi) is 5.62. The van der Waals surface area contributed by atoms with Crippen LogP contribution in [0.3, 0.4) is 0 Å². The fourth-order valence-electron chi connectivity index (χ4n) is 2.25. The van der Waals surface area contributed by atoms with Crippen LogP contribution in [0.15, 0.2) is 24.3 Å². The van der Waals surface area contributed by atoms with E-state index in [0.29, 0.717) is 21.9 Å². The molecule has 0 radical (unpaired) electrons. The Morgan fingerprint density at radius 1 is 1.38 bits per heavy atom. The molecule has 0 bridgehead atoms. The molecule has 0 spiro atoms. The van der Waals surface area contributed by atoms with Gasteiger partial charge < -0.3 is 15.2 Å². The van der Waals surface area contributed by atoms with Gasteiger partial charge in [0.25, 0.3) is 5.91 Å². The number of nitrogens with one attached hydrogen (secondary N) is 1. The van der Waals surface area contributed by atoms with Gasteiger partial charge in [0.1, 0.15) is 10.6 Å². The van der Waals surface area contributed by atoms with E-state index in [1.807, 2.05) is 19.1 Å². The van der Waals surface area contributed by atoms with Gasteiger partial charge in [0.05, 0.1) is 23.9 Å². The van der Waals surface area contributed by atoms with E-state index in [0.717, 1.165) is 5.01 Å². The third-order valence-electron chi connectivity index (χ3n) is 3.60. The molecule has 1 aromatic carbocycles. The molecule has 1 aromatic heterocycles. The number of aryl methyl sites for hydroxylation is 1. The standard InChI is InChI=1S/C18H24N2O3S/c1-11-15(24-17(20-11)18(2,3)4)16(22)19-10-13(21)12-8-6-7-9-14(12)23-5/h6-9,13,21H,10H2,1-5H3,(H,19,22). The van der Waals surface area contributed by atoms with Crippen LogP contribution in [0.4, 0.5) is 0 Å². The number of amides is 1. The van der Waals surface area contributed by atoms with Crippen LogP contribution >= 0.6 is 11.3 Å². The summed E-state index contributed by atoms with van der Waals surface area (Å²) in [4.78, 5) is 17.5. The van der Waals surface area contributed by atoms with Crippen LogP contribution in [0.25, 0.3) is 0 Å². The van der Waals surface area contributed by atoms with Crippen molar-refractivity contribution in [1.82, 2.24) is 10.3 Å². The van der Waals surface area contributed by atoms with Gasteiger partial charge in [0.2, 0.25) is 0 Å². The molecule has 2 rings (SSSR count). The highest BCUT2D eigenvalue weighted by atomic mass is 32.1. The predicted molar refractivity (Wildman–Crippen MR) is 95.8 cm³/mol. The second-order valence-corrected chi connectivity index (χ2v) is 7.65. The van der Waals surface area contributed by atoms with E-state index < -0.39 is 6.10 Å². The molecule has 2 N–H and O–H groups in total. The van der Waals surface area contributed by atoms with E-state index in [-0.39, 0.29) is 17.9 Å². The van der Waals surface area contributed by atoms with Gasteiger partial charge in [-0.2, -0.15) is 0 Å². The van der Waals surface area contributed by atoms with Gasteiger partial charge in [0.15, 0.2) is 0 Å². The van der Waals surface area contributed by atoms with Crippen LogP contribution in [-0.4, -0.2) is 29.7 Å². The summed E-state index contributed by atoms with van der Waals surface area (Å²) in [6, 6.07) is 7.23. The lowest BCUT2D eigenvalue weighted by Crippen LogP contribution is -2.28. The fourth-order valence-corrected chi connectivity index (χ4v) is 3.29. The summed E-state index contributed by atoms with van der Waals surface area (Å²) in [5.74, 6) is 0.387. The van der Waals surface area contributed by atoms with Crippen molar-refractivity contribution in [3.8, 4) is 5.75 Å². The highest BCUT2D eigenvalue weighted by molar-refractivity contribution is 7.14. The number of carbonyl (C=O) groups excluding carboxylic acids is 1. The Bertz CT molecular complexity index is 719. The molecule has 2 aromatic rings. The van der Waals surface area contributed by atoms with E-state index in [1.165, 1.54) is 11.3 Å². The zero-order valence-electron chi connectivity index (χ0n) is 14.7. The summed E-state index contributed by atoms with van der Waals surface area (Å²) in [5, 5.41) is 14.0. The number of aliphatic hydroxyl groups excluding tert-OH is 1. The first-order valence-corrected chi connectivity index (χ1v) is 8.62. The summed E-state index contributed by atoms with van der Waals surface area (Å²) in [6.45, 7) is 8.15. The van der Waals surface area contributed by atoms with Crippen molar-refractivity contribution in [2.75, 3.05) is 13.7 Å². The minimum absolute atomic E-state index is 0.0924. The molecule has 0 saturated carbocycles. The molecule has 0 aliphatic rings. The van der Waals surface area contributed by atoms with Gasteiger partial charge in [0, 0.05) is 17.5 Å². The minimum atomic E-state index is -0.833. The molecular formula is C18H24N2O3S. The molecule has 6 heteroatoms. The van der Waals surface area contributed by atoms with Crippen LogP contribution in [0.5, 0.6) is 5.75 Å². The summed E-state index contributed by atoms with van der Waals surface area (Å²) in [6.07, 6.45) is -0.833. The van der Waals surface area contributed by atoms with E-state index in [4.69, 9.17) is 4.74 Å². The van der Waals surface area contributed by atoms with Gasteiger partial charge in [-0.25, -0.2) is 4.98 Å². The highest BCUT2D eigenvalue weighted by Gasteiger charge is 2.23. The van der Waals surface area contributed by atoms with Crippen LogP contribution in [-0.2, 0) is 5.41 Å². The van der Waals surface area contributed by atoms with E-state index in [1.54, 1.807) is 19.2 Å². The highest BCUT2D eigenvalue weighted by Crippen LogP contribution is 2.29. The average Bonchev–Trinajstić information content (AvgIpc) is 2.94. The molecule has 1 amide bonds. The zero-order valence-corrected chi connectivity index (χ0v) is 15.5. The molecular weight excluding hydrogens is 324 g/mol. The molecule has 1 unspecified atom stereocenters. The number of hydrogen-bond donors (Lipinski definition) is 2. The maximum Gasteiger partial charge on any atom is 0.263 e. The van der Waals surface area contributed by atoms with Gasteiger partial charge in [-0.05, 0) is 13.0 Å². The number of thiazole rings is 1. The van der Waals surface area contributed by atoms with Gasteiger partial charge in [-0.3, -0.25) is 4.79 Å². The molecule has 1 heterocycles. The minimum Gasteiger partial charge on any atom is -0.496 e. The summed E-state index contributed by atoms with van der Waals surface area (Å²) >= 11 is 1.40. The van der Waals surface area contributed by atoms with E-state index in [2.05, 4.69) is 31.1 Å². The lowest BCUT2D eigenvalue weighted by Gasteiger charge is -2.15. The summed E-state index contributed by atoms with van der Waals surface area (Å²) in [7, 11) is 1.55. The smallest absolute Gasteiger partial charge is 0.263 e. The SMILES string of the molecule is COc1ccccc1C(O)CNC(=O)c1sc(C(C)(C)C)nc1C. The Hall–Kier alpha value is -1.92. The normalized spacial score (nSPS) is 12.8. The van der Waals surface area contributed by atoms with E-state index in [9.17, 15) is 9.90 Å². The Balaban J connectivity index is 2.07. The molecule has 0 saturated heterocycles. The first-order valence-electron chi connectivity index (χ1n) is 7.81. The second kappa shape index (κ2) is 7.32. The fraction of sp³-hybridized carbons (Fsp3) is 0.444. The molecule has 0 fully saturated rings. The first kappa shape index (κ1) is 18.4. The van der Waals surface area contributed by atoms with E-state index >= 15 is 0 Å². The van der Waals surface area contributed by atoms with Crippen molar-refractivity contribution in [3.63, 3.8) is 0 Å². The number of methoxy groups -OCH3 is 1. The number of benzene rings is 1. The molecule has 0 aliphatic heterocycles. The number of nitrogens with zero attached hydrogens (tertiary/aromatic N) is 1. The second-order valence-electron chi connectivity index (χ2n) is 6.65. The number of aliphatic hydroxyl groups is 1. The zero-order chi connectivity index (χ0) is 17.9. The number of rotatable bonds is 5. The van der Waals surface area contributed by atoms with Crippen molar-refractivity contribution in [2.45, 2.75) is 39.2 Å². The molecule has 5 nitrogen and oxygen atoms in total. The third kappa shape index (κ3) is 4.13. The lowest BCUT2D eigenvalue weighted by atomic mass is 9.98. The molecule has 130 valence electrons. The largest absolute Gasteiger partial charge is 0.496 e. The average molecular weight is 348 g/mol. The van der Waals surface area contributed by atoms with Crippen LogP contribution in [0, 0.1) is 6.92 Å². The third-order valence-corrected chi connectivity index (χ3v) is 5.18. The Labute approximate surface area is 146 Å². The summed E-state index contributed by atoms with van der Waals surface area (Å²) in [5.41, 5.74) is 1.27. The number of carbonyl (C=O) groups is 1. The Morgan fingerprint density at radius 2 is 2.04 bits per heavy atom. The molecule has 0 aliphatic carbocycles. The number of ether oxygens (including phenoxy) is 1. The monoisotopic (exact) mass is 348 g/mol. The van der Waals surface area contributed by atoms with Crippen molar-refractivity contribution < 1.29 is 14.6 Å². The van der Waals surface area contributed by atoms with Crippen molar-refractivity contribution in [1.29, 1.82) is 0 Å². The van der Waals surface area contributed by atoms with Gasteiger partial charge in [-0.15, -0.1) is 11.3 Å². The van der Waals surface area contributed by atoms with Crippen molar-refractivity contribution in [2.24, 2.45) is 0 Å². The van der Waals surface area contributed by atoms with Gasteiger partial charge >= 0.3 is 0 Å². The van der Waals surface area contributed by atoms with Crippen LogP contribution < -0.4 is 10.1 Å². The first-order chi connectivity index (χ1) is 11.2. The van der Waals surface area contributed by atoms with Crippen LogP contribution in [0.1, 0.15) is 52.8 Å². The summed E-state index contributed by atoms with van der Waals surface area (Å²) < 4.78 is 5.24. The number of para-hydroxylation sites is 1. The molecule has 1 atom stereocenters. The topological polar surface area (TPSA) is 71.5 Å². The maximum atomic E-state index is 12.4. The number of hydrogen-bond acceptors (Lipinski definition) is 5.